The minimum absolute atomic E-state index is 0.0260. The standard InChI is InChI=1S/C12H15ClN2O3S/c1-2-10-7-9(8-11(13)14-10)12(16)15-3-5-19(17,18)6-4-15/h7-8H,2-6H2,1H3. The van der Waals surface area contributed by atoms with Crippen LogP contribution in [0.15, 0.2) is 12.1 Å². The maximum absolute atomic E-state index is 12.3. The van der Waals surface area contributed by atoms with Gasteiger partial charge in [0.1, 0.15) is 5.15 Å². The van der Waals surface area contributed by atoms with Crippen molar-refractivity contribution in [3.8, 4) is 0 Å². The first-order chi connectivity index (χ1) is 8.91. The maximum atomic E-state index is 12.3. The van der Waals surface area contributed by atoms with E-state index in [1.54, 1.807) is 11.0 Å². The molecule has 1 fully saturated rings. The van der Waals surface area contributed by atoms with Gasteiger partial charge >= 0.3 is 0 Å². The van der Waals surface area contributed by atoms with Crippen LogP contribution in [0.3, 0.4) is 0 Å². The highest BCUT2D eigenvalue weighted by molar-refractivity contribution is 7.91. The second-order valence-corrected chi connectivity index (χ2v) is 7.16. The molecule has 1 aromatic rings. The Morgan fingerprint density at radius 2 is 2.00 bits per heavy atom. The molecule has 104 valence electrons. The van der Waals surface area contributed by atoms with Crippen molar-refractivity contribution in [2.24, 2.45) is 0 Å². The summed E-state index contributed by atoms with van der Waals surface area (Å²) in [6, 6.07) is 3.23. The van der Waals surface area contributed by atoms with Crippen LogP contribution in [0.25, 0.3) is 0 Å². The number of carbonyl (C=O) groups excluding carboxylic acids is 1. The lowest BCUT2D eigenvalue weighted by Gasteiger charge is -2.26. The van der Waals surface area contributed by atoms with E-state index in [0.29, 0.717) is 12.0 Å². The molecule has 1 amide bonds. The quantitative estimate of drug-likeness (QED) is 0.769. The van der Waals surface area contributed by atoms with E-state index in [1.165, 1.54) is 6.07 Å². The minimum atomic E-state index is -2.98. The van der Waals surface area contributed by atoms with Crippen molar-refractivity contribution in [2.75, 3.05) is 24.6 Å². The molecule has 0 atom stereocenters. The molecule has 2 heterocycles. The van der Waals surface area contributed by atoms with Gasteiger partial charge in [-0.25, -0.2) is 13.4 Å². The predicted octanol–water partition coefficient (Wildman–Crippen LogP) is 1.17. The summed E-state index contributed by atoms with van der Waals surface area (Å²) in [5, 5.41) is 0.285. The highest BCUT2D eigenvalue weighted by Gasteiger charge is 2.26. The van der Waals surface area contributed by atoms with Gasteiger partial charge in [0.2, 0.25) is 0 Å². The van der Waals surface area contributed by atoms with Gasteiger partial charge in [0.05, 0.1) is 11.5 Å². The van der Waals surface area contributed by atoms with Gasteiger partial charge in [-0.1, -0.05) is 18.5 Å². The Morgan fingerprint density at radius 3 is 2.58 bits per heavy atom. The molecule has 1 aromatic heterocycles. The fourth-order valence-corrected chi connectivity index (χ4v) is 3.38. The Balaban J connectivity index is 2.18. The average Bonchev–Trinajstić information content (AvgIpc) is 2.37. The summed E-state index contributed by atoms with van der Waals surface area (Å²) in [7, 11) is -2.98. The smallest absolute Gasteiger partial charge is 0.254 e. The van der Waals surface area contributed by atoms with Gasteiger partial charge < -0.3 is 4.90 Å². The molecule has 0 spiro atoms. The number of rotatable bonds is 2. The molecule has 0 unspecified atom stereocenters. The zero-order valence-electron chi connectivity index (χ0n) is 10.6. The molecule has 1 aliphatic rings. The fraction of sp³-hybridized carbons (Fsp3) is 0.500. The van der Waals surface area contributed by atoms with Gasteiger partial charge in [0, 0.05) is 24.3 Å². The summed E-state index contributed by atoms with van der Waals surface area (Å²) in [6.07, 6.45) is 0.690. The molecule has 0 aliphatic carbocycles. The summed E-state index contributed by atoms with van der Waals surface area (Å²) in [6.45, 7) is 2.41. The van der Waals surface area contributed by atoms with Crippen molar-refractivity contribution in [3.05, 3.63) is 28.5 Å². The molecule has 0 bridgehead atoms. The predicted molar refractivity (Wildman–Crippen MR) is 73.2 cm³/mol. The van der Waals surface area contributed by atoms with E-state index in [4.69, 9.17) is 11.6 Å². The Kier molecular flexibility index (Phi) is 4.10. The van der Waals surface area contributed by atoms with E-state index in [2.05, 4.69) is 4.98 Å². The third-order valence-corrected chi connectivity index (χ3v) is 4.89. The van der Waals surface area contributed by atoms with Gasteiger partial charge in [-0.15, -0.1) is 0 Å². The van der Waals surface area contributed by atoms with Crippen molar-refractivity contribution in [2.45, 2.75) is 13.3 Å². The first-order valence-electron chi connectivity index (χ1n) is 6.07. The first kappa shape index (κ1) is 14.3. The van der Waals surface area contributed by atoms with Crippen LogP contribution < -0.4 is 0 Å². The highest BCUT2D eigenvalue weighted by atomic mass is 35.5. The Labute approximate surface area is 117 Å². The van der Waals surface area contributed by atoms with Gasteiger partial charge in [-0.2, -0.15) is 0 Å². The number of aromatic nitrogens is 1. The van der Waals surface area contributed by atoms with Crippen LogP contribution in [0.2, 0.25) is 5.15 Å². The van der Waals surface area contributed by atoms with E-state index in [1.807, 2.05) is 6.92 Å². The van der Waals surface area contributed by atoms with Crippen LogP contribution in [-0.2, 0) is 16.3 Å². The number of halogens is 1. The van der Waals surface area contributed by atoms with E-state index < -0.39 is 9.84 Å². The van der Waals surface area contributed by atoms with Gasteiger partial charge in [0.15, 0.2) is 9.84 Å². The monoisotopic (exact) mass is 302 g/mol. The molecular weight excluding hydrogens is 288 g/mol. The van der Waals surface area contributed by atoms with Gasteiger partial charge in [0.25, 0.3) is 5.91 Å². The third kappa shape index (κ3) is 3.45. The van der Waals surface area contributed by atoms with E-state index in [0.717, 1.165) is 5.69 Å². The zero-order chi connectivity index (χ0) is 14.0. The van der Waals surface area contributed by atoms with Crippen molar-refractivity contribution in [1.82, 2.24) is 9.88 Å². The Bertz CT molecular complexity index is 587. The number of nitrogens with zero attached hydrogens (tertiary/aromatic N) is 2. The Morgan fingerprint density at radius 1 is 1.37 bits per heavy atom. The van der Waals surface area contributed by atoms with Crippen LogP contribution in [-0.4, -0.2) is 48.8 Å². The Hall–Kier alpha value is -1.14. The number of amides is 1. The summed E-state index contributed by atoms with van der Waals surface area (Å²) < 4.78 is 22.7. The molecule has 0 N–H and O–H groups in total. The first-order valence-corrected chi connectivity index (χ1v) is 8.27. The lowest BCUT2D eigenvalue weighted by Crippen LogP contribution is -2.43. The number of aryl methyl sites for hydroxylation is 1. The fourth-order valence-electron chi connectivity index (χ4n) is 1.95. The van der Waals surface area contributed by atoms with Crippen LogP contribution in [0, 0.1) is 0 Å². The number of hydrogen-bond acceptors (Lipinski definition) is 4. The molecule has 0 saturated carbocycles. The summed E-state index contributed by atoms with van der Waals surface area (Å²) in [4.78, 5) is 17.9. The minimum Gasteiger partial charge on any atom is -0.337 e. The van der Waals surface area contributed by atoms with Crippen molar-refractivity contribution in [1.29, 1.82) is 0 Å². The second kappa shape index (κ2) is 5.46. The molecule has 2 rings (SSSR count). The lowest BCUT2D eigenvalue weighted by atomic mass is 10.2. The molecule has 1 saturated heterocycles. The zero-order valence-corrected chi connectivity index (χ0v) is 12.2. The number of pyridine rings is 1. The van der Waals surface area contributed by atoms with E-state index in [-0.39, 0.29) is 35.7 Å². The van der Waals surface area contributed by atoms with Crippen molar-refractivity contribution >= 4 is 27.3 Å². The lowest BCUT2D eigenvalue weighted by molar-refractivity contribution is 0.0770. The van der Waals surface area contributed by atoms with Crippen LogP contribution in [0.4, 0.5) is 0 Å². The SMILES string of the molecule is CCc1cc(C(=O)N2CCS(=O)(=O)CC2)cc(Cl)n1. The summed E-state index contributed by atoms with van der Waals surface area (Å²) >= 11 is 5.88. The molecule has 7 heteroatoms. The van der Waals surface area contributed by atoms with Gasteiger partial charge in [-0.05, 0) is 18.6 Å². The number of carbonyl (C=O) groups is 1. The summed E-state index contributed by atoms with van der Waals surface area (Å²) in [5.41, 5.74) is 1.22. The largest absolute Gasteiger partial charge is 0.337 e. The number of hydrogen-bond donors (Lipinski definition) is 0. The molecule has 0 radical (unpaired) electrons. The van der Waals surface area contributed by atoms with Crippen LogP contribution in [0.5, 0.6) is 0 Å². The van der Waals surface area contributed by atoms with E-state index in [9.17, 15) is 13.2 Å². The van der Waals surface area contributed by atoms with Gasteiger partial charge in [-0.3, -0.25) is 4.79 Å². The molecular formula is C12H15ClN2O3S. The van der Waals surface area contributed by atoms with Crippen LogP contribution >= 0.6 is 11.6 Å². The second-order valence-electron chi connectivity index (χ2n) is 4.47. The van der Waals surface area contributed by atoms with Crippen LogP contribution in [0.1, 0.15) is 23.0 Å². The third-order valence-electron chi connectivity index (χ3n) is 3.09. The molecule has 1 aliphatic heterocycles. The highest BCUT2D eigenvalue weighted by Crippen LogP contribution is 2.15. The molecule has 5 nitrogen and oxygen atoms in total. The van der Waals surface area contributed by atoms with Crippen molar-refractivity contribution < 1.29 is 13.2 Å². The topological polar surface area (TPSA) is 67.3 Å². The normalized spacial score (nSPS) is 18.3. The van der Waals surface area contributed by atoms with E-state index >= 15 is 0 Å². The number of sulfone groups is 1. The maximum Gasteiger partial charge on any atom is 0.254 e. The molecule has 19 heavy (non-hydrogen) atoms. The molecule has 0 aromatic carbocycles. The van der Waals surface area contributed by atoms with Crippen molar-refractivity contribution in [3.63, 3.8) is 0 Å². The summed E-state index contributed by atoms with van der Waals surface area (Å²) in [5.74, 6) is -0.134. The average molecular weight is 303 g/mol.